The Labute approximate surface area is 179 Å². The van der Waals surface area contributed by atoms with Crippen LogP contribution in [0, 0.1) is 13.8 Å². The number of halogens is 2. The number of hydrogen-bond acceptors (Lipinski definition) is 2. The van der Waals surface area contributed by atoms with E-state index in [1.165, 1.54) is 0 Å². The van der Waals surface area contributed by atoms with E-state index in [2.05, 4.69) is 5.32 Å². The first-order chi connectivity index (χ1) is 13.4. The molecule has 0 bridgehead atoms. The topological polar surface area (TPSA) is 39.0 Å². The molecule has 0 aliphatic rings. The number of nitrogens with zero attached hydrogens (tertiary/aromatic N) is 1. The van der Waals surface area contributed by atoms with Gasteiger partial charge in [0.05, 0.1) is 0 Å². The molecule has 28 heavy (non-hydrogen) atoms. The summed E-state index contributed by atoms with van der Waals surface area (Å²) in [5, 5.41) is 17.4. The highest BCUT2D eigenvalue weighted by atomic mass is 35.5. The van der Waals surface area contributed by atoms with Crippen LogP contribution in [0.5, 0.6) is 0 Å². The van der Waals surface area contributed by atoms with Crippen molar-refractivity contribution in [2.75, 3.05) is 5.32 Å². The van der Waals surface area contributed by atoms with Crippen LogP contribution in [0.1, 0.15) is 16.7 Å². The molecule has 0 radical (unpaired) electrons. The molecule has 1 aromatic heterocycles. The van der Waals surface area contributed by atoms with Crippen LogP contribution in [0.15, 0.2) is 67.0 Å². The molecule has 0 spiro atoms. The fourth-order valence-electron chi connectivity index (χ4n) is 2.87. The second-order valence-electron chi connectivity index (χ2n) is 6.31. The van der Waals surface area contributed by atoms with Crippen LogP contribution >= 0.6 is 35.4 Å². The molecule has 0 atom stereocenters. The quantitative estimate of drug-likeness (QED) is 0.274. The maximum atomic E-state index is 13.4. The zero-order valence-corrected chi connectivity index (χ0v) is 17.7. The zero-order chi connectivity index (χ0) is 20.3. The predicted molar refractivity (Wildman–Crippen MR) is 118 cm³/mol. The Balaban J connectivity index is 2.15. The van der Waals surface area contributed by atoms with Crippen LogP contribution in [-0.4, -0.2) is 4.99 Å². The van der Waals surface area contributed by atoms with Gasteiger partial charge in [-0.25, -0.2) is 0 Å². The molecule has 2 aromatic carbocycles. The summed E-state index contributed by atoms with van der Waals surface area (Å²) in [5.74, 6) is -0.313. The molecule has 142 valence electrons. The first kappa shape index (κ1) is 20.3. The summed E-state index contributed by atoms with van der Waals surface area (Å²) in [6.45, 7) is 3.98. The van der Waals surface area contributed by atoms with Gasteiger partial charge < -0.3 is 10.4 Å². The maximum absolute atomic E-state index is 13.4. The lowest BCUT2D eigenvalue weighted by Gasteiger charge is -2.19. The number of hydrogen-bond donors (Lipinski definition) is 1. The first-order valence-corrected chi connectivity index (χ1v) is 9.76. The van der Waals surface area contributed by atoms with Gasteiger partial charge in [-0.3, -0.25) is 0 Å². The van der Waals surface area contributed by atoms with Crippen LogP contribution in [0.3, 0.4) is 0 Å². The number of thiocarbonyl (C=S) groups is 1. The Bertz CT molecular complexity index is 1050. The van der Waals surface area contributed by atoms with Gasteiger partial charge in [0.15, 0.2) is 17.4 Å². The van der Waals surface area contributed by atoms with E-state index in [4.69, 9.17) is 35.4 Å². The van der Waals surface area contributed by atoms with Crippen molar-refractivity contribution in [1.82, 2.24) is 0 Å². The molecular weight excluding hydrogens is 411 g/mol. The third-order valence-corrected chi connectivity index (χ3v) is 5.16. The Morgan fingerprint density at radius 3 is 2.25 bits per heavy atom. The molecule has 0 unspecified atom stereocenters. The normalized spacial score (nSPS) is 11.7. The SMILES string of the molecule is Cc1cccc(C)c1NC(=S)C(=C([O-])c1cc(Cl)ccc1Cl)[n+]1ccccc1. The van der Waals surface area contributed by atoms with Crippen molar-refractivity contribution in [3.05, 3.63) is 93.7 Å². The van der Waals surface area contributed by atoms with E-state index in [1.807, 2.05) is 50.2 Å². The standard InChI is InChI=1S/C22H18Cl2N2OS/c1-14-7-6-8-15(2)19(14)25-22(28)20(26-11-4-3-5-12-26)21(27)17-13-16(23)9-10-18(17)24/h3-13H,1-2H3,(H-,25,27,28). The van der Waals surface area contributed by atoms with Gasteiger partial charge in [0.1, 0.15) is 0 Å². The van der Waals surface area contributed by atoms with E-state index in [9.17, 15) is 5.11 Å². The summed E-state index contributed by atoms with van der Waals surface area (Å²) in [6.07, 6.45) is 3.54. The van der Waals surface area contributed by atoms with Crippen molar-refractivity contribution in [1.29, 1.82) is 0 Å². The highest BCUT2D eigenvalue weighted by Gasteiger charge is 2.20. The Hall–Kier alpha value is -2.40. The van der Waals surface area contributed by atoms with Gasteiger partial charge in [0.25, 0.3) is 0 Å². The summed E-state index contributed by atoms with van der Waals surface area (Å²) in [5.41, 5.74) is 3.54. The smallest absolute Gasteiger partial charge is 0.238 e. The molecule has 0 aliphatic carbocycles. The number of pyridine rings is 1. The van der Waals surface area contributed by atoms with Crippen molar-refractivity contribution in [3.63, 3.8) is 0 Å². The minimum absolute atomic E-state index is 0.294. The van der Waals surface area contributed by atoms with Gasteiger partial charge in [-0.1, -0.05) is 59.7 Å². The van der Waals surface area contributed by atoms with Gasteiger partial charge in [0, 0.05) is 27.9 Å². The number of rotatable bonds is 4. The Morgan fingerprint density at radius 2 is 1.61 bits per heavy atom. The summed E-state index contributed by atoms with van der Waals surface area (Å²) in [6, 6.07) is 16.3. The lowest BCUT2D eigenvalue weighted by Crippen LogP contribution is -2.40. The largest absolute Gasteiger partial charge is 0.867 e. The zero-order valence-electron chi connectivity index (χ0n) is 15.4. The van der Waals surface area contributed by atoms with E-state index in [-0.39, 0.29) is 5.76 Å². The number of benzene rings is 2. The fourth-order valence-corrected chi connectivity index (χ4v) is 3.54. The van der Waals surface area contributed by atoms with Crippen molar-refractivity contribution in [2.45, 2.75) is 13.8 Å². The highest BCUT2D eigenvalue weighted by Crippen LogP contribution is 2.28. The molecule has 1 heterocycles. The van der Waals surface area contributed by atoms with Crippen molar-refractivity contribution in [3.8, 4) is 0 Å². The van der Waals surface area contributed by atoms with Crippen LogP contribution in [-0.2, 0) is 0 Å². The minimum atomic E-state index is -0.313. The molecule has 3 aromatic rings. The number of para-hydroxylation sites is 1. The van der Waals surface area contributed by atoms with Gasteiger partial charge in [0.2, 0.25) is 5.70 Å². The maximum Gasteiger partial charge on any atom is 0.238 e. The molecule has 3 rings (SSSR count). The fraction of sp³-hybridized carbons (Fsp3) is 0.0909. The van der Waals surface area contributed by atoms with E-state index < -0.39 is 0 Å². The van der Waals surface area contributed by atoms with Crippen LogP contribution in [0.2, 0.25) is 10.0 Å². The average Bonchev–Trinajstić information content (AvgIpc) is 2.67. The third-order valence-electron chi connectivity index (χ3n) is 4.30. The lowest BCUT2D eigenvalue weighted by molar-refractivity contribution is -0.577. The monoisotopic (exact) mass is 428 g/mol. The summed E-state index contributed by atoms with van der Waals surface area (Å²) in [4.78, 5) is 0.301. The van der Waals surface area contributed by atoms with E-state index >= 15 is 0 Å². The summed E-state index contributed by atoms with van der Waals surface area (Å²) >= 11 is 18.0. The van der Waals surface area contributed by atoms with Crippen molar-refractivity contribution in [2.24, 2.45) is 0 Å². The highest BCUT2D eigenvalue weighted by molar-refractivity contribution is 7.81. The number of anilines is 1. The van der Waals surface area contributed by atoms with E-state index in [0.717, 1.165) is 16.8 Å². The second kappa shape index (κ2) is 8.74. The number of nitrogens with one attached hydrogen (secondary N) is 1. The molecule has 3 nitrogen and oxygen atoms in total. The third kappa shape index (κ3) is 4.36. The Kier molecular flexibility index (Phi) is 6.35. The molecule has 1 N–H and O–H groups in total. The number of aryl methyl sites for hydroxylation is 2. The minimum Gasteiger partial charge on any atom is -0.867 e. The average molecular weight is 429 g/mol. The van der Waals surface area contributed by atoms with Crippen LogP contribution in [0.4, 0.5) is 5.69 Å². The molecule has 0 amide bonds. The molecule has 6 heteroatoms. The van der Waals surface area contributed by atoms with Gasteiger partial charge in [-0.05, 0) is 54.5 Å². The molecule has 0 aliphatic heterocycles. The molecule has 0 saturated carbocycles. The Morgan fingerprint density at radius 1 is 0.964 bits per heavy atom. The van der Waals surface area contributed by atoms with Crippen LogP contribution in [0.25, 0.3) is 11.5 Å². The van der Waals surface area contributed by atoms with Gasteiger partial charge in [-0.15, -0.1) is 0 Å². The predicted octanol–water partition coefficient (Wildman–Crippen LogP) is 5.02. The summed E-state index contributed by atoms with van der Waals surface area (Å²) < 4.78 is 1.68. The van der Waals surface area contributed by atoms with Crippen LogP contribution < -0.4 is 15.0 Å². The summed E-state index contributed by atoms with van der Waals surface area (Å²) in [7, 11) is 0. The van der Waals surface area contributed by atoms with Crippen molar-refractivity contribution < 1.29 is 9.67 Å². The molecule has 0 fully saturated rings. The van der Waals surface area contributed by atoms with Gasteiger partial charge >= 0.3 is 0 Å². The lowest BCUT2D eigenvalue weighted by atomic mass is 10.1. The van der Waals surface area contributed by atoms with Crippen molar-refractivity contribution >= 4 is 57.6 Å². The van der Waals surface area contributed by atoms with Gasteiger partial charge in [-0.2, -0.15) is 4.57 Å². The van der Waals surface area contributed by atoms with E-state index in [0.29, 0.717) is 26.3 Å². The first-order valence-electron chi connectivity index (χ1n) is 8.59. The second-order valence-corrected chi connectivity index (χ2v) is 7.56. The van der Waals surface area contributed by atoms with E-state index in [1.54, 1.807) is 35.2 Å². The molecular formula is C22H18Cl2N2OS. The number of aromatic nitrogens is 1. The molecule has 0 saturated heterocycles.